The van der Waals surface area contributed by atoms with Crippen molar-refractivity contribution in [1.29, 1.82) is 0 Å². The van der Waals surface area contributed by atoms with Gasteiger partial charge in [-0.15, -0.1) is 0 Å². The zero-order chi connectivity index (χ0) is 13.2. The molecule has 0 aliphatic carbocycles. The predicted octanol–water partition coefficient (Wildman–Crippen LogP) is 2.89. The second kappa shape index (κ2) is 4.98. The summed E-state index contributed by atoms with van der Waals surface area (Å²) in [4.78, 5) is 12.5. The Hall–Kier alpha value is -1.93. The summed E-state index contributed by atoms with van der Waals surface area (Å²) in [7, 11) is 0. The van der Waals surface area contributed by atoms with Gasteiger partial charge < -0.3 is 5.32 Å². The molecular formula is C17H17NO. The Bertz CT molecular complexity index is 618. The minimum Gasteiger partial charge on any atom is -0.303 e. The van der Waals surface area contributed by atoms with Crippen molar-refractivity contribution in [2.45, 2.75) is 25.9 Å². The molecule has 19 heavy (non-hydrogen) atoms. The first-order valence-electron chi connectivity index (χ1n) is 6.65. The van der Waals surface area contributed by atoms with Gasteiger partial charge in [-0.1, -0.05) is 48.0 Å². The van der Waals surface area contributed by atoms with E-state index in [0.29, 0.717) is 0 Å². The maximum Gasteiger partial charge on any atom is 0.180 e. The average molecular weight is 251 g/mol. The minimum atomic E-state index is -0.100. The number of carbonyl (C=O) groups is 1. The van der Waals surface area contributed by atoms with E-state index in [9.17, 15) is 4.79 Å². The Morgan fingerprint density at radius 2 is 1.89 bits per heavy atom. The lowest BCUT2D eigenvalue weighted by Crippen LogP contribution is -2.41. The van der Waals surface area contributed by atoms with Gasteiger partial charge >= 0.3 is 0 Å². The number of rotatable bonds is 2. The third kappa shape index (κ3) is 2.45. The van der Waals surface area contributed by atoms with E-state index in [4.69, 9.17) is 0 Å². The van der Waals surface area contributed by atoms with Gasteiger partial charge in [-0.3, -0.25) is 4.79 Å². The molecule has 1 aliphatic heterocycles. The summed E-state index contributed by atoms with van der Waals surface area (Å²) < 4.78 is 0. The number of aryl methyl sites for hydroxylation is 1. The van der Waals surface area contributed by atoms with Crippen LogP contribution in [0, 0.1) is 6.92 Å². The molecule has 0 radical (unpaired) electrons. The van der Waals surface area contributed by atoms with Crippen LogP contribution in [0.3, 0.4) is 0 Å². The van der Waals surface area contributed by atoms with E-state index in [1.54, 1.807) is 0 Å². The quantitative estimate of drug-likeness (QED) is 0.831. The van der Waals surface area contributed by atoms with E-state index in [2.05, 4.69) is 17.4 Å². The standard InChI is InChI=1S/C17H17NO/c1-12-5-4-8-14(9-12)17(19)16-10-13-6-2-3-7-15(13)11-18-16/h2-9,16,18H,10-11H2,1H3. The van der Waals surface area contributed by atoms with Gasteiger partial charge in [0.25, 0.3) is 0 Å². The molecule has 2 nitrogen and oxygen atoms in total. The monoisotopic (exact) mass is 251 g/mol. The van der Waals surface area contributed by atoms with Crippen LogP contribution in [0.15, 0.2) is 48.5 Å². The Morgan fingerprint density at radius 3 is 2.68 bits per heavy atom. The zero-order valence-corrected chi connectivity index (χ0v) is 11.0. The molecule has 0 amide bonds. The third-order valence-corrected chi connectivity index (χ3v) is 3.70. The van der Waals surface area contributed by atoms with Crippen LogP contribution in [0.4, 0.5) is 0 Å². The van der Waals surface area contributed by atoms with Gasteiger partial charge in [-0.25, -0.2) is 0 Å². The second-order valence-corrected chi connectivity index (χ2v) is 5.14. The molecule has 0 aromatic heterocycles. The first-order valence-corrected chi connectivity index (χ1v) is 6.65. The molecule has 1 aliphatic rings. The molecule has 1 unspecified atom stereocenters. The Labute approximate surface area is 113 Å². The number of benzene rings is 2. The zero-order valence-electron chi connectivity index (χ0n) is 11.0. The number of hydrogen-bond acceptors (Lipinski definition) is 2. The van der Waals surface area contributed by atoms with Crippen LogP contribution in [0.25, 0.3) is 0 Å². The Kier molecular flexibility index (Phi) is 3.18. The molecule has 0 bridgehead atoms. The normalized spacial score (nSPS) is 17.8. The summed E-state index contributed by atoms with van der Waals surface area (Å²) in [6.45, 7) is 2.79. The Balaban J connectivity index is 1.83. The molecule has 1 heterocycles. The van der Waals surface area contributed by atoms with Crippen LogP contribution >= 0.6 is 0 Å². The molecule has 96 valence electrons. The van der Waals surface area contributed by atoms with Crippen molar-refractivity contribution in [2.75, 3.05) is 0 Å². The average Bonchev–Trinajstić information content (AvgIpc) is 2.46. The summed E-state index contributed by atoms with van der Waals surface area (Å²) in [5, 5.41) is 3.34. The van der Waals surface area contributed by atoms with Gasteiger partial charge in [-0.2, -0.15) is 0 Å². The van der Waals surface area contributed by atoms with E-state index in [1.165, 1.54) is 11.1 Å². The summed E-state index contributed by atoms with van der Waals surface area (Å²) in [5.41, 5.74) is 4.52. The minimum absolute atomic E-state index is 0.100. The number of nitrogens with one attached hydrogen (secondary N) is 1. The van der Waals surface area contributed by atoms with Crippen LogP contribution in [0.5, 0.6) is 0 Å². The summed E-state index contributed by atoms with van der Waals surface area (Å²) in [6.07, 6.45) is 0.781. The largest absolute Gasteiger partial charge is 0.303 e. The number of fused-ring (bicyclic) bond motifs is 1. The fourth-order valence-electron chi connectivity index (χ4n) is 2.64. The van der Waals surface area contributed by atoms with Gasteiger partial charge in [0.1, 0.15) is 0 Å². The highest BCUT2D eigenvalue weighted by atomic mass is 16.1. The lowest BCUT2D eigenvalue weighted by atomic mass is 9.91. The number of carbonyl (C=O) groups excluding carboxylic acids is 1. The first-order chi connectivity index (χ1) is 9.24. The van der Waals surface area contributed by atoms with Gasteiger partial charge in [0.2, 0.25) is 0 Å². The maximum absolute atomic E-state index is 12.5. The fourth-order valence-corrected chi connectivity index (χ4v) is 2.64. The Morgan fingerprint density at radius 1 is 1.11 bits per heavy atom. The van der Waals surface area contributed by atoms with Crippen molar-refractivity contribution >= 4 is 5.78 Å². The van der Waals surface area contributed by atoms with Crippen LogP contribution < -0.4 is 5.32 Å². The molecule has 0 fully saturated rings. The highest BCUT2D eigenvalue weighted by Gasteiger charge is 2.24. The highest BCUT2D eigenvalue weighted by molar-refractivity contribution is 6.00. The number of hydrogen-bond donors (Lipinski definition) is 1. The lowest BCUT2D eigenvalue weighted by Gasteiger charge is -2.25. The van der Waals surface area contributed by atoms with Crippen molar-refractivity contribution in [3.63, 3.8) is 0 Å². The fraction of sp³-hybridized carbons (Fsp3) is 0.235. The molecule has 0 saturated heterocycles. The van der Waals surface area contributed by atoms with Crippen LogP contribution in [0.2, 0.25) is 0 Å². The summed E-state index contributed by atoms with van der Waals surface area (Å²) >= 11 is 0. The topological polar surface area (TPSA) is 29.1 Å². The lowest BCUT2D eigenvalue weighted by molar-refractivity contribution is 0.0938. The van der Waals surface area contributed by atoms with Crippen molar-refractivity contribution < 1.29 is 4.79 Å². The molecule has 0 spiro atoms. The van der Waals surface area contributed by atoms with Crippen molar-refractivity contribution in [1.82, 2.24) is 5.32 Å². The molecule has 2 heteroatoms. The van der Waals surface area contributed by atoms with E-state index in [1.807, 2.05) is 43.3 Å². The smallest absolute Gasteiger partial charge is 0.180 e. The van der Waals surface area contributed by atoms with Crippen molar-refractivity contribution in [3.05, 3.63) is 70.8 Å². The van der Waals surface area contributed by atoms with Crippen molar-refractivity contribution in [2.24, 2.45) is 0 Å². The molecular weight excluding hydrogens is 234 g/mol. The van der Waals surface area contributed by atoms with Gasteiger partial charge in [0.15, 0.2) is 5.78 Å². The van der Waals surface area contributed by atoms with Crippen molar-refractivity contribution in [3.8, 4) is 0 Å². The maximum atomic E-state index is 12.5. The van der Waals surface area contributed by atoms with Crippen LogP contribution in [-0.2, 0) is 13.0 Å². The first kappa shape index (κ1) is 12.1. The molecule has 2 aromatic rings. The molecule has 1 N–H and O–H groups in total. The molecule has 1 atom stereocenters. The summed E-state index contributed by atoms with van der Waals surface area (Å²) in [5.74, 6) is 0.193. The highest BCUT2D eigenvalue weighted by Crippen LogP contribution is 2.19. The van der Waals surface area contributed by atoms with Crippen LogP contribution in [-0.4, -0.2) is 11.8 Å². The van der Waals surface area contributed by atoms with Gasteiger partial charge in [0, 0.05) is 12.1 Å². The SMILES string of the molecule is Cc1cccc(C(=O)C2Cc3ccccc3CN2)c1. The predicted molar refractivity (Wildman–Crippen MR) is 76.3 cm³/mol. The molecule has 2 aromatic carbocycles. The number of ketones is 1. The third-order valence-electron chi connectivity index (χ3n) is 3.70. The van der Waals surface area contributed by atoms with Crippen LogP contribution in [0.1, 0.15) is 27.0 Å². The van der Waals surface area contributed by atoms with Gasteiger partial charge in [0.05, 0.1) is 6.04 Å². The molecule has 3 rings (SSSR count). The number of Topliss-reactive ketones (excluding diaryl/α,β-unsaturated/α-hetero) is 1. The summed E-state index contributed by atoms with van der Waals surface area (Å²) in [6, 6.07) is 16.0. The van der Waals surface area contributed by atoms with E-state index >= 15 is 0 Å². The van der Waals surface area contributed by atoms with E-state index < -0.39 is 0 Å². The second-order valence-electron chi connectivity index (χ2n) is 5.14. The van der Waals surface area contributed by atoms with E-state index in [0.717, 1.165) is 24.1 Å². The van der Waals surface area contributed by atoms with E-state index in [-0.39, 0.29) is 11.8 Å². The van der Waals surface area contributed by atoms with Gasteiger partial charge in [-0.05, 0) is 30.5 Å². The molecule has 0 saturated carbocycles.